The van der Waals surface area contributed by atoms with Gasteiger partial charge in [-0.3, -0.25) is 24.1 Å². The number of carbonyl (C=O) groups is 5. The second-order valence-electron chi connectivity index (χ2n) is 6.34. The van der Waals surface area contributed by atoms with Crippen molar-refractivity contribution in [1.82, 2.24) is 20.5 Å². The summed E-state index contributed by atoms with van der Waals surface area (Å²) in [6.07, 6.45) is 2.39. The minimum atomic E-state index is -1.23. The van der Waals surface area contributed by atoms with Gasteiger partial charge >= 0.3 is 11.9 Å². The number of aliphatic carboxylic acids is 2. The Hall–Kier alpha value is -3.39. The molecule has 0 aromatic carbocycles. The van der Waals surface area contributed by atoms with Crippen LogP contribution >= 0.6 is 23.1 Å². The van der Waals surface area contributed by atoms with Crippen molar-refractivity contribution in [1.29, 1.82) is 0 Å². The van der Waals surface area contributed by atoms with E-state index in [1.54, 1.807) is 0 Å². The van der Waals surface area contributed by atoms with E-state index >= 15 is 0 Å². The molecule has 2 aliphatic rings. The number of hydrogen-bond acceptors (Lipinski definition) is 9. The summed E-state index contributed by atoms with van der Waals surface area (Å²) < 4.78 is 0. The first-order chi connectivity index (χ1) is 14.7. The topological polar surface area (TPSA) is 192 Å². The number of nitrogens with two attached hydrogens (primary N) is 1. The zero-order valence-corrected chi connectivity index (χ0v) is 17.4. The number of carboxylic acid groups (broad SMARTS) is 2. The van der Waals surface area contributed by atoms with E-state index in [9.17, 15) is 29.1 Å². The number of aromatic nitrogens is 1. The lowest BCUT2D eigenvalue weighted by atomic mass is 10.0. The number of fused-ring (bicyclic) bond motifs is 1. The molecule has 164 valence electrons. The molecule has 0 saturated carbocycles. The van der Waals surface area contributed by atoms with Crippen LogP contribution in [0.4, 0.5) is 5.13 Å². The molecule has 3 heterocycles. The summed E-state index contributed by atoms with van der Waals surface area (Å²) in [6, 6.07) is -0.944. The summed E-state index contributed by atoms with van der Waals surface area (Å²) in [5.74, 6) is -3.94. The Kier molecular flexibility index (Phi) is 6.60. The van der Waals surface area contributed by atoms with E-state index in [4.69, 9.17) is 10.8 Å². The summed E-state index contributed by atoms with van der Waals surface area (Å²) in [6.45, 7) is -0.567. The maximum absolute atomic E-state index is 12.9. The van der Waals surface area contributed by atoms with Crippen molar-refractivity contribution in [3.05, 3.63) is 28.9 Å². The van der Waals surface area contributed by atoms with Crippen molar-refractivity contribution in [2.45, 2.75) is 17.8 Å². The summed E-state index contributed by atoms with van der Waals surface area (Å²) in [5, 5.41) is 23.7. The van der Waals surface area contributed by atoms with Crippen LogP contribution in [0.1, 0.15) is 12.1 Å². The number of β-lactam (4-membered cyclic amide) rings is 1. The Morgan fingerprint density at radius 1 is 1.32 bits per heavy atom. The first-order valence-corrected chi connectivity index (χ1v) is 10.7. The highest BCUT2D eigenvalue weighted by atomic mass is 32.2. The quantitative estimate of drug-likeness (QED) is 0.236. The zero-order chi connectivity index (χ0) is 22.7. The van der Waals surface area contributed by atoms with E-state index in [0.717, 1.165) is 16.2 Å². The molecule has 2 atom stereocenters. The fraction of sp³-hybridized carbons (Fsp3) is 0.294. The Balaban J connectivity index is 1.74. The SMILES string of the molecule is Nc1nc(/C(=C/CC(=O)NCC(=O)O)C(=O)N[C@@H]2C(=O)N3C(C(=O)O)=CCS[C@H]23)cs1. The average molecular weight is 467 g/mol. The van der Waals surface area contributed by atoms with Gasteiger partial charge in [-0.2, -0.15) is 0 Å². The van der Waals surface area contributed by atoms with E-state index in [2.05, 4.69) is 15.6 Å². The molecule has 31 heavy (non-hydrogen) atoms. The summed E-state index contributed by atoms with van der Waals surface area (Å²) in [4.78, 5) is 64.1. The number of amides is 3. The number of nitrogens with zero attached hydrogens (tertiary/aromatic N) is 2. The molecule has 0 spiro atoms. The van der Waals surface area contributed by atoms with E-state index in [-0.39, 0.29) is 28.5 Å². The van der Waals surface area contributed by atoms with Crippen LogP contribution < -0.4 is 16.4 Å². The van der Waals surface area contributed by atoms with E-state index in [1.165, 1.54) is 29.3 Å². The van der Waals surface area contributed by atoms with Crippen LogP contribution in [-0.4, -0.2) is 73.5 Å². The van der Waals surface area contributed by atoms with Gasteiger partial charge in [-0.25, -0.2) is 9.78 Å². The predicted octanol–water partition coefficient (Wildman–Crippen LogP) is -0.932. The van der Waals surface area contributed by atoms with Gasteiger partial charge in [0.2, 0.25) is 5.91 Å². The Morgan fingerprint density at radius 2 is 2.06 bits per heavy atom. The Morgan fingerprint density at radius 3 is 2.68 bits per heavy atom. The minimum absolute atomic E-state index is 0.0144. The molecular formula is C17H17N5O7S2. The van der Waals surface area contributed by atoms with Crippen LogP contribution in [0.15, 0.2) is 23.2 Å². The van der Waals surface area contributed by atoms with Crippen LogP contribution in [-0.2, 0) is 24.0 Å². The predicted molar refractivity (Wildman–Crippen MR) is 111 cm³/mol. The van der Waals surface area contributed by atoms with Gasteiger partial charge in [0.15, 0.2) is 5.13 Å². The van der Waals surface area contributed by atoms with Gasteiger partial charge in [-0.05, 0) is 6.08 Å². The molecule has 3 rings (SSSR count). The van der Waals surface area contributed by atoms with Crippen LogP contribution in [0.3, 0.4) is 0 Å². The molecule has 1 aromatic rings. The number of nitrogen functional groups attached to an aromatic ring is 1. The molecule has 12 nitrogen and oxygen atoms in total. The number of carboxylic acids is 2. The third kappa shape index (κ3) is 4.86. The lowest BCUT2D eigenvalue weighted by Crippen LogP contribution is -2.70. The van der Waals surface area contributed by atoms with Crippen LogP contribution in [0.5, 0.6) is 0 Å². The largest absolute Gasteiger partial charge is 0.480 e. The number of rotatable bonds is 8. The average Bonchev–Trinajstić information content (AvgIpc) is 3.15. The van der Waals surface area contributed by atoms with E-state index < -0.39 is 47.6 Å². The van der Waals surface area contributed by atoms with Gasteiger partial charge in [0, 0.05) is 17.6 Å². The highest BCUT2D eigenvalue weighted by molar-refractivity contribution is 8.00. The minimum Gasteiger partial charge on any atom is -0.480 e. The number of thiazole rings is 1. The van der Waals surface area contributed by atoms with E-state index in [0.29, 0.717) is 5.75 Å². The fourth-order valence-corrected chi connectivity index (χ4v) is 4.68. The van der Waals surface area contributed by atoms with Crippen LogP contribution in [0.25, 0.3) is 5.57 Å². The highest BCUT2D eigenvalue weighted by Crippen LogP contribution is 2.37. The first kappa shape index (κ1) is 22.3. The Labute approximate surface area is 183 Å². The number of hydrogen-bond donors (Lipinski definition) is 5. The smallest absolute Gasteiger partial charge is 0.352 e. The standard InChI is InChI=1S/C17H17N5O7S2/c18-17-20-8(6-31-17)7(1-2-10(23)19-5-11(24)25)13(26)21-12-14(27)22-9(16(28)29)3-4-30-15(12)22/h1,3,6,12,15H,2,4-5H2,(H2,18,20)(H,19,23)(H,21,26)(H,24,25)(H,28,29)/b7-1-/t12-,15-/m1/s1. The molecule has 0 radical (unpaired) electrons. The maximum atomic E-state index is 12.9. The first-order valence-electron chi connectivity index (χ1n) is 8.78. The Bertz CT molecular complexity index is 1020. The normalized spacial score (nSPS) is 20.3. The summed E-state index contributed by atoms with van der Waals surface area (Å²) in [7, 11) is 0. The van der Waals surface area contributed by atoms with Gasteiger partial charge in [0.1, 0.15) is 23.7 Å². The summed E-state index contributed by atoms with van der Waals surface area (Å²) >= 11 is 2.38. The second-order valence-corrected chi connectivity index (χ2v) is 8.38. The molecule has 0 bridgehead atoms. The van der Waals surface area contributed by atoms with Gasteiger partial charge in [0.25, 0.3) is 11.8 Å². The molecular weight excluding hydrogens is 450 g/mol. The van der Waals surface area contributed by atoms with Crippen LogP contribution in [0.2, 0.25) is 0 Å². The maximum Gasteiger partial charge on any atom is 0.352 e. The number of carbonyl (C=O) groups excluding carboxylic acids is 3. The van der Waals surface area contributed by atoms with Gasteiger partial charge in [-0.1, -0.05) is 6.08 Å². The van der Waals surface area contributed by atoms with Crippen molar-refractivity contribution < 1.29 is 34.2 Å². The molecule has 0 unspecified atom stereocenters. The second kappa shape index (κ2) is 9.18. The summed E-state index contributed by atoms with van der Waals surface area (Å²) in [5.41, 5.74) is 5.67. The monoisotopic (exact) mass is 467 g/mol. The van der Waals surface area contributed by atoms with Crippen molar-refractivity contribution in [2.75, 3.05) is 18.0 Å². The fourth-order valence-electron chi connectivity index (χ4n) is 2.92. The zero-order valence-electron chi connectivity index (χ0n) is 15.7. The van der Waals surface area contributed by atoms with Gasteiger partial charge in [-0.15, -0.1) is 23.1 Å². The van der Waals surface area contributed by atoms with Crippen molar-refractivity contribution in [3.8, 4) is 0 Å². The van der Waals surface area contributed by atoms with E-state index in [1.807, 2.05) is 0 Å². The van der Waals surface area contributed by atoms with Crippen molar-refractivity contribution in [3.63, 3.8) is 0 Å². The van der Waals surface area contributed by atoms with Gasteiger partial charge in [0.05, 0.1) is 11.3 Å². The molecule has 0 aliphatic carbocycles. The van der Waals surface area contributed by atoms with Gasteiger partial charge < -0.3 is 26.6 Å². The molecule has 1 aromatic heterocycles. The molecule has 2 aliphatic heterocycles. The van der Waals surface area contributed by atoms with Crippen molar-refractivity contribution >= 4 is 63.5 Å². The number of thioether (sulfide) groups is 1. The lowest BCUT2D eigenvalue weighted by Gasteiger charge is -2.48. The van der Waals surface area contributed by atoms with Crippen LogP contribution in [0, 0.1) is 0 Å². The van der Waals surface area contributed by atoms with Crippen molar-refractivity contribution in [2.24, 2.45) is 0 Å². The molecule has 6 N–H and O–H groups in total. The number of anilines is 1. The molecule has 3 amide bonds. The lowest BCUT2D eigenvalue weighted by molar-refractivity contribution is -0.150. The molecule has 1 saturated heterocycles. The third-order valence-electron chi connectivity index (χ3n) is 4.32. The molecule has 1 fully saturated rings. The highest BCUT2D eigenvalue weighted by Gasteiger charge is 2.52. The molecule has 14 heteroatoms. The third-order valence-corrected chi connectivity index (χ3v) is 6.18. The number of nitrogens with one attached hydrogen (secondary N) is 2.